The summed E-state index contributed by atoms with van der Waals surface area (Å²) in [5.41, 5.74) is 2.31. The lowest BCUT2D eigenvalue weighted by Crippen LogP contribution is -2.04. The Bertz CT molecular complexity index is 387. The number of hydrogen-bond acceptors (Lipinski definition) is 2. The highest BCUT2D eigenvalue weighted by molar-refractivity contribution is 5.90. The van der Waals surface area contributed by atoms with E-state index in [1.54, 1.807) is 0 Å². The van der Waals surface area contributed by atoms with E-state index in [1.165, 1.54) is 5.56 Å². The van der Waals surface area contributed by atoms with Crippen molar-refractivity contribution in [2.24, 2.45) is 10.9 Å². The Kier molecular flexibility index (Phi) is 3.14. The lowest BCUT2D eigenvalue weighted by Gasteiger charge is -2.01. The second-order valence-corrected chi connectivity index (χ2v) is 3.87. The molecule has 1 aromatic rings. The topological polar surface area (TPSA) is 36.1 Å². The summed E-state index contributed by atoms with van der Waals surface area (Å²) < 4.78 is 0. The van der Waals surface area contributed by atoms with Crippen molar-refractivity contribution in [3.05, 3.63) is 35.9 Å². The summed E-state index contributed by atoms with van der Waals surface area (Å²) in [7, 11) is 0. The lowest BCUT2D eigenvalue weighted by molar-refractivity contribution is 0.794. The van der Waals surface area contributed by atoms with E-state index in [4.69, 9.17) is 5.26 Å². The molecule has 1 aliphatic carbocycles. The van der Waals surface area contributed by atoms with Crippen LogP contribution in [0.3, 0.4) is 0 Å². The number of nitriles is 1. The van der Waals surface area contributed by atoms with E-state index in [0.29, 0.717) is 6.54 Å². The van der Waals surface area contributed by atoms with Crippen LogP contribution in [0.4, 0.5) is 0 Å². The van der Waals surface area contributed by atoms with E-state index in [0.717, 1.165) is 25.0 Å². The SMILES string of the molecule is N#CC1CCCC1=NCc1ccccc1. The molecule has 0 spiro atoms. The molecule has 0 heterocycles. The number of hydrogen-bond donors (Lipinski definition) is 0. The maximum atomic E-state index is 8.90. The van der Waals surface area contributed by atoms with Gasteiger partial charge in [0.2, 0.25) is 0 Å². The molecule has 1 fully saturated rings. The fourth-order valence-corrected chi connectivity index (χ4v) is 1.93. The third kappa shape index (κ3) is 2.44. The van der Waals surface area contributed by atoms with Crippen LogP contribution in [0.15, 0.2) is 35.3 Å². The Morgan fingerprint density at radius 1 is 1.33 bits per heavy atom. The first-order valence-electron chi connectivity index (χ1n) is 5.37. The van der Waals surface area contributed by atoms with Gasteiger partial charge in [-0.15, -0.1) is 0 Å². The molecule has 0 saturated heterocycles. The molecule has 2 heteroatoms. The van der Waals surface area contributed by atoms with Crippen LogP contribution in [0, 0.1) is 17.2 Å². The summed E-state index contributed by atoms with van der Waals surface area (Å²) >= 11 is 0. The maximum absolute atomic E-state index is 8.90. The monoisotopic (exact) mass is 198 g/mol. The third-order valence-corrected chi connectivity index (χ3v) is 2.79. The fraction of sp³-hybridized carbons (Fsp3) is 0.385. The van der Waals surface area contributed by atoms with Gasteiger partial charge in [-0.25, -0.2) is 0 Å². The summed E-state index contributed by atoms with van der Waals surface area (Å²) in [5.74, 6) is 0.0775. The quantitative estimate of drug-likeness (QED) is 0.719. The van der Waals surface area contributed by atoms with Crippen LogP contribution >= 0.6 is 0 Å². The molecule has 2 nitrogen and oxygen atoms in total. The van der Waals surface area contributed by atoms with Crippen molar-refractivity contribution in [3.8, 4) is 6.07 Å². The zero-order valence-corrected chi connectivity index (χ0v) is 8.69. The molecule has 1 atom stereocenters. The molecule has 0 bridgehead atoms. The van der Waals surface area contributed by atoms with Gasteiger partial charge in [0.05, 0.1) is 18.5 Å². The van der Waals surface area contributed by atoms with Gasteiger partial charge >= 0.3 is 0 Å². The van der Waals surface area contributed by atoms with Crippen LogP contribution in [0.2, 0.25) is 0 Å². The van der Waals surface area contributed by atoms with Gasteiger partial charge in [0.25, 0.3) is 0 Å². The summed E-state index contributed by atoms with van der Waals surface area (Å²) in [5, 5.41) is 8.90. The van der Waals surface area contributed by atoms with Crippen LogP contribution in [-0.2, 0) is 6.54 Å². The van der Waals surface area contributed by atoms with Gasteiger partial charge < -0.3 is 0 Å². The first-order chi connectivity index (χ1) is 7.40. The van der Waals surface area contributed by atoms with Gasteiger partial charge in [-0.3, -0.25) is 4.99 Å². The van der Waals surface area contributed by atoms with Crippen LogP contribution < -0.4 is 0 Å². The minimum atomic E-state index is 0.0775. The normalized spacial score (nSPS) is 22.9. The standard InChI is InChI=1S/C13H14N2/c14-9-12-7-4-8-13(12)15-10-11-5-2-1-3-6-11/h1-3,5-6,12H,4,7-8,10H2. The average molecular weight is 198 g/mol. The molecule has 1 aromatic carbocycles. The zero-order valence-electron chi connectivity index (χ0n) is 8.69. The Labute approximate surface area is 90.3 Å². The third-order valence-electron chi connectivity index (χ3n) is 2.79. The molecule has 1 unspecified atom stereocenters. The van der Waals surface area contributed by atoms with Gasteiger partial charge in [-0.2, -0.15) is 5.26 Å². The first-order valence-corrected chi connectivity index (χ1v) is 5.37. The number of nitrogens with zero attached hydrogens (tertiary/aromatic N) is 2. The Balaban J connectivity index is 2.03. The van der Waals surface area contributed by atoms with E-state index in [2.05, 4.69) is 23.2 Å². The minimum absolute atomic E-state index is 0.0775. The van der Waals surface area contributed by atoms with Gasteiger partial charge in [-0.05, 0) is 24.8 Å². The molecule has 1 aliphatic rings. The summed E-state index contributed by atoms with van der Waals surface area (Å²) in [6.07, 6.45) is 3.11. The largest absolute Gasteiger partial charge is 0.288 e. The van der Waals surface area contributed by atoms with Crippen LogP contribution in [0.1, 0.15) is 24.8 Å². The fourth-order valence-electron chi connectivity index (χ4n) is 1.93. The summed E-state index contributed by atoms with van der Waals surface area (Å²) in [6.45, 7) is 0.717. The number of rotatable bonds is 2. The zero-order chi connectivity index (χ0) is 10.5. The molecule has 15 heavy (non-hydrogen) atoms. The second-order valence-electron chi connectivity index (χ2n) is 3.87. The predicted molar refractivity (Wildman–Crippen MR) is 60.5 cm³/mol. The van der Waals surface area contributed by atoms with E-state index >= 15 is 0 Å². The van der Waals surface area contributed by atoms with Crippen molar-refractivity contribution in [2.75, 3.05) is 0 Å². The molecule has 0 aliphatic heterocycles. The Hall–Kier alpha value is -1.62. The van der Waals surface area contributed by atoms with E-state index in [9.17, 15) is 0 Å². The highest BCUT2D eigenvalue weighted by Gasteiger charge is 2.21. The second kappa shape index (κ2) is 4.75. The Morgan fingerprint density at radius 3 is 2.87 bits per heavy atom. The summed E-state index contributed by atoms with van der Waals surface area (Å²) in [4.78, 5) is 4.54. The number of aliphatic imine (C=N–C) groups is 1. The van der Waals surface area contributed by atoms with Crippen molar-refractivity contribution in [1.29, 1.82) is 5.26 Å². The van der Waals surface area contributed by atoms with Gasteiger partial charge in [-0.1, -0.05) is 30.3 Å². The lowest BCUT2D eigenvalue weighted by atomic mass is 10.1. The van der Waals surface area contributed by atoms with Crippen LogP contribution in [0.25, 0.3) is 0 Å². The number of benzene rings is 1. The Morgan fingerprint density at radius 2 is 2.13 bits per heavy atom. The molecule has 0 radical (unpaired) electrons. The van der Waals surface area contributed by atoms with Crippen molar-refractivity contribution in [2.45, 2.75) is 25.8 Å². The molecule has 0 N–H and O–H groups in total. The van der Waals surface area contributed by atoms with Gasteiger partial charge in [0.1, 0.15) is 0 Å². The molecule has 1 saturated carbocycles. The highest BCUT2D eigenvalue weighted by atomic mass is 14.7. The first kappa shape index (κ1) is 9.92. The minimum Gasteiger partial charge on any atom is -0.288 e. The summed E-state index contributed by atoms with van der Waals surface area (Å²) in [6, 6.07) is 12.5. The predicted octanol–water partition coefficient (Wildman–Crippen LogP) is 2.95. The maximum Gasteiger partial charge on any atom is 0.0841 e. The molecular weight excluding hydrogens is 184 g/mol. The van der Waals surface area contributed by atoms with E-state index in [1.807, 2.05) is 18.2 Å². The molecule has 76 valence electrons. The molecule has 2 rings (SSSR count). The van der Waals surface area contributed by atoms with E-state index in [-0.39, 0.29) is 5.92 Å². The molecule has 0 amide bonds. The molecular formula is C13H14N2. The van der Waals surface area contributed by atoms with Crippen LogP contribution in [0.5, 0.6) is 0 Å². The highest BCUT2D eigenvalue weighted by Crippen LogP contribution is 2.22. The van der Waals surface area contributed by atoms with Crippen molar-refractivity contribution >= 4 is 5.71 Å². The molecule has 0 aromatic heterocycles. The smallest absolute Gasteiger partial charge is 0.0841 e. The average Bonchev–Trinajstić information content (AvgIpc) is 2.75. The van der Waals surface area contributed by atoms with Crippen molar-refractivity contribution in [1.82, 2.24) is 0 Å². The van der Waals surface area contributed by atoms with Crippen LogP contribution in [-0.4, -0.2) is 5.71 Å². The van der Waals surface area contributed by atoms with Crippen molar-refractivity contribution < 1.29 is 0 Å². The van der Waals surface area contributed by atoms with E-state index < -0.39 is 0 Å². The van der Waals surface area contributed by atoms with Gasteiger partial charge in [0.15, 0.2) is 0 Å². The van der Waals surface area contributed by atoms with Crippen molar-refractivity contribution in [3.63, 3.8) is 0 Å². The van der Waals surface area contributed by atoms with Gasteiger partial charge in [0, 0.05) is 5.71 Å².